The van der Waals surface area contributed by atoms with Gasteiger partial charge < -0.3 is 15.3 Å². The molecule has 3 nitrogen and oxygen atoms in total. The van der Waals surface area contributed by atoms with Gasteiger partial charge in [0.1, 0.15) is 0 Å². The van der Waals surface area contributed by atoms with Crippen LogP contribution in [-0.4, -0.2) is 29.6 Å². The molecule has 0 saturated carbocycles. The van der Waals surface area contributed by atoms with E-state index in [0.29, 0.717) is 21.6 Å². The van der Waals surface area contributed by atoms with Crippen molar-refractivity contribution in [2.75, 3.05) is 25.0 Å². The van der Waals surface area contributed by atoms with Crippen molar-refractivity contribution in [2.24, 2.45) is 0 Å². The van der Waals surface area contributed by atoms with Crippen LogP contribution >= 0.6 is 34.8 Å². The number of aliphatic hydroxyl groups excluding tert-OH is 1. The van der Waals surface area contributed by atoms with E-state index >= 15 is 0 Å². The zero-order valence-corrected chi connectivity index (χ0v) is 23.1. The fourth-order valence-electron chi connectivity index (χ4n) is 4.76. The van der Waals surface area contributed by atoms with Gasteiger partial charge in [0.15, 0.2) is 0 Å². The summed E-state index contributed by atoms with van der Waals surface area (Å²) >= 11 is 19.1. The van der Waals surface area contributed by atoms with Crippen LogP contribution in [0.1, 0.15) is 62.3 Å². The Morgan fingerprint density at radius 1 is 0.806 bits per heavy atom. The van der Waals surface area contributed by atoms with Gasteiger partial charge in [-0.3, -0.25) is 0 Å². The van der Waals surface area contributed by atoms with Gasteiger partial charge >= 0.3 is 0 Å². The van der Waals surface area contributed by atoms with E-state index in [1.165, 1.54) is 0 Å². The van der Waals surface area contributed by atoms with Gasteiger partial charge in [0, 0.05) is 39.1 Å². The molecule has 3 aromatic rings. The maximum Gasteiger partial charge on any atom is 0.0923 e. The van der Waals surface area contributed by atoms with Crippen LogP contribution in [0.2, 0.25) is 15.1 Å². The Morgan fingerprint density at radius 3 is 2.11 bits per heavy atom. The summed E-state index contributed by atoms with van der Waals surface area (Å²) in [6.45, 7) is 6.95. The van der Waals surface area contributed by atoms with E-state index in [2.05, 4.69) is 24.1 Å². The number of benzene rings is 3. The molecule has 0 heterocycles. The SMILES string of the molecule is CCCCN(CCCC)CC(O)c1cc(Cl)cc2c1-c1ccc(Cl)cc1/C2=C\Nc1ccc(Cl)cc1. The minimum atomic E-state index is -0.654. The number of hydrogen-bond donors (Lipinski definition) is 2. The van der Waals surface area contributed by atoms with Crippen molar-refractivity contribution in [3.8, 4) is 11.1 Å². The number of unbranched alkanes of at least 4 members (excludes halogenated alkanes) is 2. The third kappa shape index (κ3) is 6.27. The molecule has 190 valence electrons. The van der Waals surface area contributed by atoms with Crippen molar-refractivity contribution in [2.45, 2.75) is 45.6 Å². The number of halogens is 3. The lowest BCUT2D eigenvalue weighted by molar-refractivity contribution is 0.111. The highest BCUT2D eigenvalue weighted by molar-refractivity contribution is 6.32. The second-order valence-corrected chi connectivity index (χ2v) is 10.6. The molecule has 0 saturated heterocycles. The van der Waals surface area contributed by atoms with Crippen molar-refractivity contribution in [3.63, 3.8) is 0 Å². The van der Waals surface area contributed by atoms with Crippen LogP contribution in [0.3, 0.4) is 0 Å². The fraction of sp³-hybridized carbons (Fsp3) is 0.333. The molecular weight excluding hydrogens is 511 g/mol. The molecular formula is C30H33Cl3N2O. The first-order chi connectivity index (χ1) is 17.4. The first kappa shape index (κ1) is 27.0. The molecule has 0 radical (unpaired) electrons. The summed E-state index contributed by atoms with van der Waals surface area (Å²) in [5, 5.41) is 16.8. The predicted molar refractivity (Wildman–Crippen MR) is 155 cm³/mol. The number of nitrogens with one attached hydrogen (secondary N) is 1. The number of aliphatic hydroxyl groups is 1. The smallest absolute Gasteiger partial charge is 0.0923 e. The Bertz CT molecular complexity index is 1220. The maximum atomic E-state index is 11.5. The van der Waals surface area contributed by atoms with Crippen LogP contribution in [0, 0.1) is 0 Å². The normalized spacial score (nSPS) is 14.2. The lowest BCUT2D eigenvalue weighted by atomic mass is 9.95. The van der Waals surface area contributed by atoms with Crippen LogP contribution in [0.5, 0.6) is 0 Å². The number of rotatable bonds is 11. The molecule has 0 aliphatic heterocycles. The first-order valence-electron chi connectivity index (χ1n) is 12.7. The highest BCUT2D eigenvalue weighted by atomic mass is 35.5. The van der Waals surface area contributed by atoms with Crippen molar-refractivity contribution in [3.05, 3.63) is 92.6 Å². The molecule has 1 aliphatic carbocycles. The number of anilines is 1. The van der Waals surface area contributed by atoms with Crippen LogP contribution in [0.25, 0.3) is 16.7 Å². The van der Waals surface area contributed by atoms with Gasteiger partial charge in [-0.1, -0.05) is 67.6 Å². The summed E-state index contributed by atoms with van der Waals surface area (Å²) in [5.41, 5.74) is 6.85. The molecule has 6 heteroatoms. The minimum absolute atomic E-state index is 0.581. The monoisotopic (exact) mass is 542 g/mol. The summed E-state index contributed by atoms with van der Waals surface area (Å²) in [6.07, 6.45) is 5.83. The predicted octanol–water partition coefficient (Wildman–Crippen LogP) is 9.06. The van der Waals surface area contributed by atoms with Gasteiger partial charge in [-0.25, -0.2) is 0 Å². The molecule has 0 fully saturated rings. The van der Waals surface area contributed by atoms with E-state index in [-0.39, 0.29) is 0 Å². The zero-order valence-electron chi connectivity index (χ0n) is 20.8. The molecule has 36 heavy (non-hydrogen) atoms. The van der Waals surface area contributed by atoms with Crippen LogP contribution in [0.4, 0.5) is 5.69 Å². The molecule has 0 aromatic heterocycles. The molecule has 1 unspecified atom stereocenters. The molecule has 2 N–H and O–H groups in total. The van der Waals surface area contributed by atoms with Crippen molar-refractivity contribution in [1.29, 1.82) is 0 Å². The van der Waals surface area contributed by atoms with Crippen LogP contribution in [0.15, 0.2) is 60.8 Å². The third-order valence-electron chi connectivity index (χ3n) is 6.64. The van der Waals surface area contributed by atoms with E-state index in [0.717, 1.165) is 77.9 Å². The Labute approximate surface area is 229 Å². The van der Waals surface area contributed by atoms with E-state index in [4.69, 9.17) is 34.8 Å². The Kier molecular flexibility index (Phi) is 9.38. The lowest BCUT2D eigenvalue weighted by Gasteiger charge is -2.26. The van der Waals surface area contributed by atoms with Gasteiger partial charge in [-0.05, 0) is 102 Å². The van der Waals surface area contributed by atoms with Gasteiger partial charge in [-0.15, -0.1) is 0 Å². The van der Waals surface area contributed by atoms with Gasteiger partial charge in [0.05, 0.1) is 6.10 Å². The molecule has 4 rings (SSSR count). The van der Waals surface area contributed by atoms with Crippen molar-refractivity contribution < 1.29 is 5.11 Å². The second kappa shape index (κ2) is 12.5. The van der Waals surface area contributed by atoms with E-state index in [1.807, 2.05) is 60.8 Å². The van der Waals surface area contributed by atoms with Crippen molar-refractivity contribution in [1.82, 2.24) is 4.90 Å². The molecule has 0 spiro atoms. The van der Waals surface area contributed by atoms with Gasteiger partial charge in [-0.2, -0.15) is 0 Å². The maximum absolute atomic E-state index is 11.5. The largest absolute Gasteiger partial charge is 0.387 e. The number of fused-ring (bicyclic) bond motifs is 3. The van der Waals surface area contributed by atoms with Gasteiger partial charge in [0.2, 0.25) is 0 Å². The summed E-state index contributed by atoms with van der Waals surface area (Å²) in [6, 6.07) is 17.4. The molecule has 0 amide bonds. The Hall–Kier alpha value is -2.01. The highest BCUT2D eigenvalue weighted by Crippen LogP contribution is 2.49. The average molecular weight is 544 g/mol. The van der Waals surface area contributed by atoms with E-state index in [1.54, 1.807) is 0 Å². The lowest BCUT2D eigenvalue weighted by Crippen LogP contribution is -2.31. The van der Waals surface area contributed by atoms with Crippen LogP contribution < -0.4 is 5.32 Å². The second-order valence-electron chi connectivity index (χ2n) is 9.34. The molecule has 3 aromatic carbocycles. The zero-order chi connectivity index (χ0) is 25.7. The fourth-order valence-corrected chi connectivity index (χ4v) is 5.29. The molecule has 1 aliphatic rings. The van der Waals surface area contributed by atoms with Crippen molar-refractivity contribution >= 4 is 46.1 Å². The minimum Gasteiger partial charge on any atom is -0.387 e. The summed E-state index contributed by atoms with van der Waals surface area (Å²) < 4.78 is 0. The van der Waals surface area contributed by atoms with Gasteiger partial charge in [0.25, 0.3) is 0 Å². The highest BCUT2D eigenvalue weighted by Gasteiger charge is 2.29. The van der Waals surface area contributed by atoms with E-state index in [9.17, 15) is 5.11 Å². The topological polar surface area (TPSA) is 35.5 Å². The first-order valence-corrected chi connectivity index (χ1v) is 13.8. The number of nitrogens with zero attached hydrogens (tertiary/aromatic N) is 1. The molecule has 1 atom stereocenters. The Balaban J connectivity index is 1.74. The quantitative estimate of drug-likeness (QED) is 0.198. The number of hydrogen-bond acceptors (Lipinski definition) is 3. The third-order valence-corrected chi connectivity index (χ3v) is 7.34. The summed E-state index contributed by atoms with van der Waals surface area (Å²) in [7, 11) is 0. The van der Waals surface area contributed by atoms with E-state index < -0.39 is 6.10 Å². The summed E-state index contributed by atoms with van der Waals surface area (Å²) in [4.78, 5) is 2.38. The standard InChI is InChI=1S/C30H33Cl3N2O/c1-3-5-13-35(14-6-4-2)19-29(36)27-17-22(33)16-26-28(18-34-23-10-7-20(31)8-11-23)25-15-21(32)9-12-24(25)30(26)27/h7-12,15-18,29,34,36H,3-6,13-14,19H2,1-2H3/b28-18+. The van der Waals surface area contributed by atoms with Crippen LogP contribution in [-0.2, 0) is 0 Å². The average Bonchev–Trinajstić information content (AvgIpc) is 3.16. The summed E-state index contributed by atoms with van der Waals surface area (Å²) in [5.74, 6) is 0. The molecule has 0 bridgehead atoms. The Morgan fingerprint density at radius 2 is 1.44 bits per heavy atom.